The van der Waals surface area contributed by atoms with Gasteiger partial charge in [-0.2, -0.15) is 0 Å². The van der Waals surface area contributed by atoms with Crippen LogP contribution in [0.2, 0.25) is 0 Å². The van der Waals surface area contributed by atoms with Gasteiger partial charge < -0.3 is 14.9 Å². The Balaban J connectivity index is 4.34. The van der Waals surface area contributed by atoms with Gasteiger partial charge in [0.05, 0.1) is 0 Å². The lowest BCUT2D eigenvalue weighted by atomic mass is 10.3. The van der Waals surface area contributed by atoms with Crippen molar-refractivity contribution in [3.8, 4) is 0 Å². The molecule has 0 rings (SSSR count). The lowest BCUT2D eigenvalue weighted by Gasteiger charge is -2.34. The second-order valence-corrected chi connectivity index (χ2v) is 2.89. The van der Waals surface area contributed by atoms with Gasteiger partial charge in [0.2, 0.25) is 0 Å². The Hall–Kier alpha value is -0.910. The number of hydrogen-bond acceptors (Lipinski definition) is 5. The number of nitrogens with zero attached hydrogens (tertiary/aromatic N) is 1. The zero-order valence-corrected chi connectivity index (χ0v) is 7.86. The van der Waals surface area contributed by atoms with Crippen molar-refractivity contribution in [2.45, 2.75) is 19.6 Å². The Labute approximate surface area is 77.2 Å². The van der Waals surface area contributed by atoms with E-state index in [9.17, 15) is 4.79 Å². The summed E-state index contributed by atoms with van der Waals surface area (Å²) in [5.74, 6) is -0.600. The molecule has 0 aromatic heterocycles. The molecule has 0 saturated carbocycles. The van der Waals surface area contributed by atoms with Gasteiger partial charge in [0, 0.05) is 6.08 Å². The third-order valence-corrected chi connectivity index (χ3v) is 1.62. The quantitative estimate of drug-likeness (QED) is 0.351. The standard InChI is InChI=1S/C8H15NO4/c1-4-7(12)13-8(2,3)9(5-10)6-11/h4,10-11H,1,5-6H2,2-3H3. The van der Waals surface area contributed by atoms with Crippen LogP contribution in [0.15, 0.2) is 12.7 Å². The summed E-state index contributed by atoms with van der Waals surface area (Å²) in [7, 11) is 0. The van der Waals surface area contributed by atoms with Gasteiger partial charge in [-0.1, -0.05) is 6.58 Å². The van der Waals surface area contributed by atoms with E-state index in [1.54, 1.807) is 13.8 Å². The molecule has 0 aliphatic heterocycles. The molecule has 2 N–H and O–H groups in total. The minimum atomic E-state index is -1.05. The minimum Gasteiger partial charge on any atom is -0.441 e. The Kier molecular flexibility index (Phi) is 4.61. The summed E-state index contributed by atoms with van der Waals surface area (Å²) in [5, 5.41) is 17.6. The molecule has 0 saturated heterocycles. The van der Waals surface area contributed by atoms with Gasteiger partial charge in [0.25, 0.3) is 0 Å². The van der Waals surface area contributed by atoms with E-state index in [-0.39, 0.29) is 0 Å². The number of ether oxygens (including phenoxy) is 1. The molecule has 0 fully saturated rings. The van der Waals surface area contributed by atoms with Crippen molar-refractivity contribution in [1.82, 2.24) is 4.90 Å². The molecule has 0 aliphatic rings. The van der Waals surface area contributed by atoms with Gasteiger partial charge >= 0.3 is 5.97 Å². The van der Waals surface area contributed by atoms with Crippen LogP contribution in [-0.2, 0) is 9.53 Å². The van der Waals surface area contributed by atoms with Crippen molar-refractivity contribution in [3.05, 3.63) is 12.7 Å². The van der Waals surface area contributed by atoms with E-state index in [0.29, 0.717) is 0 Å². The first-order valence-electron chi connectivity index (χ1n) is 3.80. The van der Waals surface area contributed by atoms with E-state index in [4.69, 9.17) is 14.9 Å². The van der Waals surface area contributed by atoms with Gasteiger partial charge in [-0.3, -0.25) is 0 Å². The molecule has 5 heteroatoms. The van der Waals surface area contributed by atoms with Crippen LogP contribution in [0.4, 0.5) is 0 Å². The molecule has 13 heavy (non-hydrogen) atoms. The van der Waals surface area contributed by atoms with Crippen LogP contribution < -0.4 is 0 Å². The van der Waals surface area contributed by atoms with Crippen molar-refractivity contribution in [2.24, 2.45) is 0 Å². The van der Waals surface area contributed by atoms with Gasteiger partial charge in [0.1, 0.15) is 13.5 Å². The maximum absolute atomic E-state index is 10.8. The zero-order chi connectivity index (χ0) is 10.5. The van der Waals surface area contributed by atoms with Crippen molar-refractivity contribution in [3.63, 3.8) is 0 Å². The molecule has 0 spiro atoms. The third-order valence-electron chi connectivity index (χ3n) is 1.62. The lowest BCUT2D eigenvalue weighted by molar-refractivity contribution is -0.189. The molecule has 0 radical (unpaired) electrons. The molecule has 0 unspecified atom stereocenters. The fourth-order valence-corrected chi connectivity index (χ4v) is 0.738. The van der Waals surface area contributed by atoms with E-state index >= 15 is 0 Å². The van der Waals surface area contributed by atoms with Crippen LogP contribution in [-0.4, -0.2) is 40.3 Å². The molecule has 5 nitrogen and oxygen atoms in total. The summed E-state index contributed by atoms with van der Waals surface area (Å²) >= 11 is 0. The smallest absolute Gasteiger partial charge is 0.331 e. The normalized spacial score (nSPS) is 11.5. The van der Waals surface area contributed by atoms with Crippen LogP contribution in [0.5, 0.6) is 0 Å². The topological polar surface area (TPSA) is 70.0 Å². The molecule has 0 aliphatic carbocycles. The Morgan fingerprint density at radius 2 is 2.00 bits per heavy atom. The van der Waals surface area contributed by atoms with Crippen molar-refractivity contribution >= 4 is 5.97 Å². The highest BCUT2D eigenvalue weighted by Crippen LogP contribution is 2.14. The average molecular weight is 189 g/mol. The second-order valence-electron chi connectivity index (χ2n) is 2.89. The zero-order valence-electron chi connectivity index (χ0n) is 7.86. The number of esters is 1. The number of rotatable bonds is 5. The SMILES string of the molecule is C=CC(=O)OC(C)(C)N(CO)CO. The predicted molar refractivity (Wildman–Crippen MR) is 46.4 cm³/mol. The van der Waals surface area contributed by atoms with Gasteiger partial charge in [0.15, 0.2) is 5.72 Å². The Morgan fingerprint density at radius 1 is 1.54 bits per heavy atom. The van der Waals surface area contributed by atoms with Crippen LogP contribution in [0, 0.1) is 0 Å². The predicted octanol–water partition coefficient (Wildman–Crippen LogP) is -0.347. The Bertz CT molecular complexity index is 187. The second kappa shape index (κ2) is 4.96. The van der Waals surface area contributed by atoms with Gasteiger partial charge in [-0.25, -0.2) is 9.69 Å². The summed E-state index contributed by atoms with van der Waals surface area (Å²) < 4.78 is 4.88. The number of aliphatic hydroxyl groups excluding tert-OH is 2. The van der Waals surface area contributed by atoms with E-state index in [2.05, 4.69) is 6.58 Å². The van der Waals surface area contributed by atoms with Crippen LogP contribution in [0.25, 0.3) is 0 Å². The van der Waals surface area contributed by atoms with Crippen LogP contribution in [0.1, 0.15) is 13.8 Å². The summed E-state index contributed by atoms with van der Waals surface area (Å²) in [6, 6.07) is 0. The molecule has 0 heterocycles. The number of hydrogen-bond donors (Lipinski definition) is 2. The van der Waals surface area contributed by atoms with E-state index < -0.39 is 25.2 Å². The molecular formula is C8H15NO4. The van der Waals surface area contributed by atoms with E-state index in [1.165, 1.54) is 4.90 Å². The third kappa shape index (κ3) is 3.54. The summed E-state index contributed by atoms with van der Waals surface area (Å²) in [6.45, 7) is 5.56. The fourth-order valence-electron chi connectivity index (χ4n) is 0.738. The Morgan fingerprint density at radius 3 is 2.31 bits per heavy atom. The molecule has 76 valence electrons. The van der Waals surface area contributed by atoms with Crippen molar-refractivity contribution in [2.75, 3.05) is 13.5 Å². The number of aliphatic hydroxyl groups is 2. The van der Waals surface area contributed by atoms with Gasteiger partial charge in [-0.05, 0) is 13.8 Å². The molecule has 0 atom stereocenters. The molecule has 0 bridgehead atoms. The first-order valence-corrected chi connectivity index (χ1v) is 3.80. The summed E-state index contributed by atoms with van der Waals surface area (Å²) in [5.41, 5.74) is -1.05. The average Bonchev–Trinajstić information content (AvgIpc) is 2.05. The minimum absolute atomic E-state index is 0.395. The highest BCUT2D eigenvalue weighted by Gasteiger charge is 2.28. The molecule has 0 aromatic carbocycles. The number of carbonyl (C=O) groups is 1. The fraction of sp³-hybridized carbons (Fsp3) is 0.625. The first-order chi connectivity index (χ1) is 5.97. The lowest BCUT2D eigenvalue weighted by Crippen LogP contribution is -2.48. The number of carbonyl (C=O) groups excluding carboxylic acids is 1. The maximum Gasteiger partial charge on any atom is 0.331 e. The summed E-state index contributed by atoms with van der Waals surface area (Å²) in [4.78, 5) is 12.0. The molecule has 0 aromatic rings. The highest BCUT2D eigenvalue weighted by atomic mass is 16.6. The molecule has 0 amide bonds. The van der Waals surface area contributed by atoms with E-state index in [1.807, 2.05) is 0 Å². The van der Waals surface area contributed by atoms with Crippen LogP contribution >= 0.6 is 0 Å². The largest absolute Gasteiger partial charge is 0.441 e. The maximum atomic E-state index is 10.8. The van der Waals surface area contributed by atoms with Crippen molar-refractivity contribution < 1.29 is 19.7 Å². The highest BCUT2D eigenvalue weighted by molar-refractivity contribution is 5.81. The van der Waals surface area contributed by atoms with E-state index in [0.717, 1.165) is 6.08 Å². The van der Waals surface area contributed by atoms with Crippen LogP contribution in [0.3, 0.4) is 0 Å². The molecular weight excluding hydrogens is 174 g/mol. The van der Waals surface area contributed by atoms with Crippen molar-refractivity contribution in [1.29, 1.82) is 0 Å². The summed E-state index contributed by atoms with van der Waals surface area (Å²) in [6.07, 6.45) is 1.02. The first kappa shape index (κ1) is 12.1. The monoisotopic (exact) mass is 189 g/mol. The van der Waals surface area contributed by atoms with Gasteiger partial charge in [-0.15, -0.1) is 0 Å².